The third kappa shape index (κ3) is 6.23. The number of carbonyl (C=O) groups excluding carboxylic acids is 1. The number of amides is 1. The zero-order valence-electron chi connectivity index (χ0n) is 18.2. The smallest absolute Gasteiger partial charge is 0.272 e. The van der Waals surface area contributed by atoms with Crippen LogP contribution in [-0.2, 0) is 4.74 Å². The van der Waals surface area contributed by atoms with Gasteiger partial charge >= 0.3 is 0 Å². The van der Waals surface area contributed by atoms with Crippen LogP contribution in [0.15, 0.2) is 43.0 Å². The Kier molecular flexibility index (Phi) is 8.67. The van der Waals surface area contributed by atoms with Crippen LogP contribution in [0.25, 0.3) is 5.82 Å². The summed E-state index contributed by atoms with van der Waals surface area (Å²) in [5, 5.41) is 16.4. The van der Waals surface area contributed by atoms with Crippen LogP contribution in [0, 0.1) is 6.92 Å². The number of carbonyl (C=O) groups is 1. The number of aryl methyl sites for hydroxylation is 1. The van der Waals surface area contributed by atoms with Crippen molar-refractivity contribution in [2.24, 2.45) is 0 Å². The Labute approximate surface area is 204 Å². The van der Waals surface area contributed by atoms with Gasteiger partial charge in [0.25, 0.3) is 5.91 Å². The maximum atomic E-state index is 12.7. The Morgan fingerprint density at radius 1 is 1.33 bits per heavy atom. The first kappa shape index (κ1) is 25.0. The number of anilines is 1. The van der Waals surface area contributed by atoms with Gasteiger partial charge in [-0.05, 0) is 37.5 Å². The van der Waals surface area contributed by atoms with E-state index in [4.69, 9.17) is 16.3 Å². The van der Waals surface area contributed by atoms with Crippen molar-refractivity contribution in [1.82, 2.24) is 24.8 Å². The minimum atomic E-state index is -0.595. The summed E-state index contributed by atoms with van der Waals surface area (Å²) in [5.41, 5.74) is 1.77. The van der Waals surface area contributed by atoms with Gasteiger partial charge in [0.15, 0.2) is 0 Å². The van der Waals surface area contributed by atoms with Gasteiger partial charge in [-0.3, -0.25) is 9.36 Å². The molecule has 1 fully saturated rings. The first-order chi connectivity index (χ1) is 15.5. The van der Waals surface area contributed by atoms with Gasteiger partial charge in [0.05, 0.1) is 12.6 Å². The van der Waals surface area contributed by atoms with Crippen LogP contribution in [0.3, 0.4) is 0 Å². The predicted molar refractivity (Wildman–Crippen MR) is 130 cm³/mol. The highest BCUT2D eigenvalue weighted by Gasteiger charge is 2.19. The van der Waals surface area contributed by atoms with E-state index in [0.717, 1.165) is 31.6 Å². The summed E-state index contributed by atoms with van der Waals surface area (Å²) in [6.07, 6.45) is 6.69. The van der Waals surface area contributed by atoms with E-state index in [2.05, 4.69) is 25.6 Å². The fourth-order valence-electron chi connectivity index (χ4n) is 3.53. The Bertz CT molecular complexity index is 1090. The second kappa shape index (κ2) is 11.5. The Morgan fingerprint density at radius 3 is 2.85 bits per heavy atom. The fourth-order valence-corrected chi connectivity index (χ4v) is 3.73. The molecule has 1 amide bonds. The number of imidazole rings is 1. The monoisotopic (exact) mass is 490 g/mol. The van der Waals surface area contributed by atoms with Gasteiger partial charge in [-0.1, -0.05) is 23.7 Å². The van der Waals surface area contributed by atoms with Gasteiger partial charge in [0, 0.05) is 42.2 Å². The van der Waals surface area contributed by atoms with Gasteiger partial charge in [-0.25, -0.2) is 9.97 Å². The SMILES string of the molecule is Cc1cnc(NC2CCOCC2)nc1-n1cnc(C(=O)N[C@H](CO)c2cccc(Cl)c2)c1.S. The summed E-state index contributed by atoms with van der Waals surface area (Å²) < 4.78 is 7.08. The Balaban J connectivity index is 0.00000306. The fraction of sp³-hybridized carbons (Fsp3) is 0.364. The van der Waals surface area contributed by atoms with E-state index in [1.54, 1.807) is 41.2 Å². The average molecular weight is 491 g/mol. The molecule has 9 nitrogen and oxygen atoms in total. The number of hydrogen-bond acceptors (Lipinski definition) is 7. The Morgan fingerprint density at radius 2 is 2.12 bits per heavy atom. The lowest BCUT2D eigenvalue weighted by atomic mass is 10.1. The molecule has 1 saturated heterocycles. The lowest BCUT2D eigenvalue weighted by Gasteiger charge is -2.23. The van der Waals surface area contributed by atoms with Crippen molar-refractivity contribution in [2.45, 2.75) is 31.8 Å². The van der Waals surface area contributed by atoms with E-state index >= 15 is 0 Å². The largest absolute Gasteiger partial charge is 0.394 e. The molecule has 0 saturated carbocycles. The van der Waals surface area contributed by atoms with Crippen molar-refractivity contribution < 1.29 is 14.6 Å². The number of hydrogen-bond donors (Lipinski definition) is 3. The number of aliphatic hydroxyl groups excluding tert-OH is 1. The van der Waals surface area contributed by atoms with E-state index in [0.29, 0.717) is 22.4 Å². The summed E-state index contributed by atoms with van der Waals surface area (Å²) in [6.45, 7) is 3.08. The van der Waals surface area contributed by atoms with Crippen LogP contribution in [0.1, 0.15) is 40.5 Å². The van der Waals surface area contributed by atoms with Crippen molar-refractivity contribution in [2.75, 3.05) is 25.1 Å². The highest BCUT2D eigenvalue weighted by Crippen LogP contribution is 2.19. The average Bonchev–Trinajstić information content (AvgIpc) is 3.29. The van der Waals surface area contributed by atoms with Crippen LogP contribution in [0.2, 0.25) is 5.02 Å². The van der Waals surface area contributed by atoms with Crippen molar-refractivity contribution >= 4 is 37.0 Å². The van der Waals surface area contributed by atoms with Crippen LogP contribution < -0.4 is 10.6 Å². The number of benzene rings is 1. The maximum absolute atomic E-state index is 12.7. The summed E-state index contributed by atoms with van der Waals surface area (Å²) in [5.74, 6) is 0.753. The molecule has 4 rings (SSSR count). The van der Waals surface area contributed by atoms with Gasteiger partial charge in [-0.15, -0.1) is 0 Å². The van der Waals surface area contributed by atoms with Crippen molar-refractivity contribution in [3.05, 3.63) is 64.8 Å². The number of halogens is 1. The van der Waals surface area contributed by atoms with E-state index in [1.165, 1.54) is 6.33 Å². The second-order valence-corrected chi connectivity index (χ2v) is 8.10. The highest BCUT2D eigenvalue weighted by atomic mass is 35.5. The summed E-state index contributed by atoms with van der Waals surface area (Å²) in [4.78, 5) is 26.0. The molecular weight excluding hydrogens is 464 g/mol. The number of nitrogens with zero attached hydrogens (tertiary/aromatic N) is 4. The third-order valence-corrected chi connectivity index (χ3v) is 5.53. The van der Waals surface area contributed by atoms with Crippen LogP contribution in [0.5, 0.6) is 0 Å². The molecule has 11 heteroatoms. The number of ether oxygens (including phenoxy) is 1. The first-order valence-corrected chi connectivity index (χ1v) is 10.8. The zero-order chi connectivity index (χ0) is 22.5. The lowest BCUT2D eigenvalue weighted by Crippen LogP contribution is -2.31. The van der Waals surface area contributed by atoms with Crippen LogP contribution >= 0.6 is 25.1 Å². The van der Waals surface area contributed by atoms with Crippen LogP contribution in [0.4, 0.5) is 5.95 Å². The van der Waals surface area contributed by atoms with E-state index in [9.17, 15) is 9.90 Å². The highest BCUT2D eigenvalue weighted by molar-refractivity contribution is 7.59. The molecule has 176 valence electrons. The summed E-state index contributed by atoms with van der Waals surface area (Å²) >= 11 is 6.03. The van der Waals surface area contributed by atoms with E-state index < -0.39 is 11.9 Å². The van der Waals surface area contributed by atoms with E-state index in [-0.39, 0.29) is 31.8 Å². The van der Waals surface area contributed by atoms with Crippen molar-refractivity contribution in [3.8, 4) is 5.82 Å². The molecule has 3 heterocycles. The quantitative estimate of drug-likeness (QED) is 0.466. The van der Waals surface area contributed by atoms with E-state index in [1.807, 2.05) is 6.92 Å². The maximum Gasteiger partial charge on any atom is 0.272 e. The third-order valence-electron chi connectivity index (χ3n) is 5.30. The first-order valence-electron chi connectivity index (χ1n) is 10.4. The number of aromatic nitrogens is 4. The zero-order valence-corrected chi connectivity index (χ0v) is 19.9. The molecule has 3 N–H and O–H groups in total. The minimum absolute atomic E-state index is 0. The number of aliphatic hydroxyl groups is 1. The molecule has 0 spiro atoms. The molecule has 0 bridgehead atoms. The molecule has 0 radical (unpaired) electrons. The molecule has 1 atom stereocenters. The molecule has 1 aliphatic heterocycles. The molecule has 3 aromatic rings. The molecule has 0 aliphatic carbocycles. The lowest BCUT2D eigenvalue weighted by molar-refractivity contribution is 0.0902. The standard InChI is InChI=1S/C22H25ClN6O3.H2S/c1-14-10-24-22(26-17-5-7-32-8-6-17)28-20(14)29-11-18(25-13-29)21(31)27-19(12-30)15-3-2-4-16(23)9-15;/h2-4,9-11,13,17,19,30H,5-8,12H2,1H3,(H,27,31)(H,24,26,28);1H2/t19-;/m1./s1. The van der Waals surface area contributed by atoms with Crippen LogP contribution in [-0.4, -0.2) is 56.4 Å². The second-order valence-electron chi connectivity index (χ2n) is 7.66. The van der Waals surface area contributed by atoms with Crippen molar-refractivity contribution in [1.29, 1.82) is 0 Å². The van der Waals surface area contributed by atoms with Gasteiger partial charge in [0.1, 0.15) is 17.8 Å². The molecule has 1 aliphatic rings. The van der Waals surface area contributed by atoms with Gasteiger partial charge < -0.3 is 20.5 Å². The van der Waals surface area contributed by atoms with Gasteiger partial charge in [0.2, 0.25) is 5.95 Å². The van der Waals surface area contributed by atoms with Gasteiger partial charge in [-0.2, -0.15) is 18.5 Å². The minimum Gasteiger partial charge on any atom is -0.394 e. The molecule has 0 unspecified atom stereocenters. The number of rotatable bonds is 7. The molecule has 33 heavy (non-hydrogen) atoms. The molecule has 1 aromatic carbocycles. The predicted octanol–water partition coefficient (Wildman–Crippen LogP) is 2.79. The molecule has 2 aromatic heterocycles. The number of nitrogens with one attached hydrogen (secondary N) is 2. The molecular formula is C22H27ClN6O3S. The Hall–Kier alpha value is -2.66. The van der Waals surface area contributed by atoms with Crippen molar-refractivity contribution in [3.63, 3.8) is 0 Å². The normalized spacial score (nSPS) is 14.9. The summed E-state index contributed by atoms with van der Waals surface area (Å²) in [7, 11) is 0. The summed E-state index contributed by atoms with van der Waals surface area (Å²) in [6, 6.07) is 6.68. The topological polar surface area (TPSA) is 114 Å².